The van der Waals surface area contributed by atoms with E-state index in [4.69, 9.17) is 10.5 Å². The number of carbonyl (C=O) groups is 2. The molecule has 8 heteroatoms. The van der Waals surface area contributed by atoms with Crippen LogP contribution in [-0.2, 0) is 0 Å². The van der Waals surface area contributed by atoms with Crippen LogP contribution in [0.4, 0.5) is 10.5 Å². The number of carbonyl (C=O) groups excluding carboxylic acids is 2. The van der Waals surface area contributed by atoms with Crippen molar-refractivity contribution >= 4 is 55.2 Å². The molecule has 134 valence electrons. The summed E-state index contributed by atoms with van der Waals surface area (Å²) < 4.78 is 6.27. The van der Waals surface area contributed by atoms with Crippen molar-refractivity contribution in [2.24, 2.45) is 5.73 Å². The smallest absolute Gasteiger partial charge is 0.381 e. The molecule has 0 saturated heterocycles. The first-order valence-electron chi connectivity index (χ1n) is 7.71. The largest absolute Gasteiger partial charge is 0.411 e. The number of hydrogen-bond donors (Lipinski definition) is 2. The number of anilines is 1. The Labute approximate surface area is 162 Å². The van der Waals surface area contributed by atoms with Gasteiger partial charge in [-0.3, -0.25) is 4.79 Å². The van der Waals surface area contributed by atoms with Crippen molar-refractivity contribution in [2.45, 2.75) is 20.8 Å². The number of rotatable bonds is 3. The molecule has 0 aliphatic heterocycles. The van der Waals surface area contributed by atoms with E-state index in [2.05, 4.69) is 26.2 Å². The summed E-state index contributed by atoms with van der Waals surface area (Å²) in [6.45, 7) is 5.92. The molecule has 2 amide bonds. The van der Waals surface area contributed by atoms with Gasteiger partial charge in [-0.05, 0) is 44.0 Å². The van der Waals surface area contributed by atoms with Gasteiger partial charge in [-0.2, -0.15) is 0 Å². The average Bonchev–Trinajstić information content (AvgIpc) is 2.90. The molecule has 2 aromatic carbocycles. The van der Waals surface area contributed by atoms with Crippen LogP contribution in [0.5, 0.6) is 5.19 Å². The van der Waals surface area contributed by atoms with Crippen LogP contribution in [0.25, 0.3) is 10.2 Å². The van der Waals surface area contributed by atoms with Crippen LogP contribution in [-0.4, -0.2) is 17.0 Å². The fraction of sp³-hybridized carbons (Fsp3) is 0.167. The predicted molar refractivity (Wildman–Crippen MR) is 106 cm³/mol. The standard InChI is InChI=1S/C18H16BrN3O3S/c1-8-4-9(2)14(10(3)5-8)21-16(23)12-6-11(19)7-13-15(12)22-18(26-13)25-17(20)24/h4-7H,1-3H3,(H2,20,24)(H,21,23). The van der Waals surface area contributed by atoms with E-state index in [0.29, 0.717) is 15.8 Å². The molecular formula is C18H16BrN3O3S. The van der Waals surface area contributed by atoms with E-state index in [0.717, 1.165) is 38.2 Å². The summed E-state index contributed by atoms with van der Waals surface area (Å²) in [6, 6.07) is 7.52. The lowest BCUT2D eigenvalue weighted by molar-refractivity contribution is 0.102. The van der Waals surface area contributed by atoms with Gasteiger partial charge in [0.25, 0.3) is 11.1 Å². The Hall–Kier alpha value is -2.45. The van der Waals surface area contributed by atoms with Crippen LogP contribution >= 0.6 is 27.3 Å². The van der Waals surface area contributed by atoms with Crippen molar-refractivity contribution in [2.75, 3.05) is 5.32 Å². The van der Waals surface area contributed by atoms with Crippen LogP contribution < -0.4 is 15.8 Å². The molecular weight excluding hydrogens is 418 g/mol. The van der Waals surface area contributed by atoms with E-state index in [1.54, 1.807) is 12.1 Å². The number of nitrogens with two attached hydrogens (primary N) is 1. The number of halogens is 1. The lowest BCUT2D eigenvalue weighted by atomic mass is 10.0. The molecule has 1 heterocycles. The van der Waals surface area contributed by atoms with E-state index >= 15 is 0 Å². The van der Waals surface area contributed by atoms with E-state index < -0.39 is 6.09 Å². The molecule has 0 aliphatic carbocycles. The number of nitrogens with one attached hydrogen (secondary N) is 1. The topological polar surface area (TPSA) is 94.3 Å². The van der Waals surface area contributed by atoms with E-state index in [-0.39, 0.29) is 11.1 Å². The first-order chi connectivity index (χ1) is 12.2. The molecule has 1 aromatic heterocycles. The summed E-state index contributed by atoms with van der Waals surface area (Å²) in [4.78, 5) is 28.1. The molecule has 0 aliphatic rings. The third-order valence-electron chi connectivity index (χ3n) is 3.79. The second-order valence-electron chi connectivity index (χ2n) is 5.93. The number of hydrogen-bond acceptors (Lipinski definition) is 5. The van der Waals surface area contributed by atoms with Crippen LogP contribution in [0, 0.1) is 20.8 Å². The minimum atomic E-state index is -0.944. The van der Waals surface area contributed by atoms with E-state index in [9.17, 15) is 9.59 Å². The van der Waals surface area contributed by atoms with Crippen LogP contribution in [0.3, 0.4) is 0 Å². The molecule has 0 atom stereocenters. The fourth-order valence-electron chi connectivity index (χ4n) is 2.84. The highest BCUT2D eigenvalue weighted by Gasteiger charge is 2.18. The third kappa shape index (κ3) is 3.71. The number of fused-ring (bicyclic) bond motifs is 1. The molecule has 26 heavy (non-hydrogen) atoms. The van der Waals surface area contributed by atoms with Crippen molar-refractivity contribution in [1.29, 1.82) is 0 Å². The maximum absolute atomic E-state index is 12.9. The molecule has 6 nitrogen and oxygen atoms in total. The van der Waals surface area contributed by atoms with Gasteiger partial charge in [0, 0.05) is 10.2 Å². The Morgan fingerprint density at radius 2 is 1.81 bits per heavy atom. The normalized spacial score (nSPS) is 10.8. The molecule has 0 spiro atoms. The van der Waals surface area contributed by atoms with E-state index in [1.807, 2.05) is 32.9 Å². The van der Waals surface area contributed by atoms with Gasteiger partial charge in [0.05, 0.1) is 15.8 Å². The van der Waals surface area contributed by atoms with Crippen molar-refractivity contribution in [3.05, 3.63) is 51.0 Å². The first kappa shape index (κ1) is 18.3. The zero-order valence-corrected chi connectivity index (χ0v) is 16.7. The van der Waals surface area contributed by atoms with Crippen LogP contribution in [0.1, 0.15) is 27.0 Å². The summed E-state index contributed by atoms with van der Waals surface area (Å²) in [5.41, 5.74) is 9.75. The van der Waals surface area contributed by atoms with Crippen LogP contribution in [0.2, 0.25) is 0 Å². The van der Waals surface area contributed by atoms with Gasteiger partial charge in [0.15, 0.2) is 0 Å². The number of amides is 2. The second-order valence-corrected chi connectivity index (χ2v) is 7.84. The highest BCUT2D eigenvalue weighted by atomic mass is 79.9. The molecule has 3 N–H and O–H groups in total. The third-order valence-corrected chi connectivity index (χ3v) is 5.13. The molecule has 0 unspecified atom stereocenters. The molecule has 3 aromatic rings. The summed E-state index contributed by atoms with van der Waals surface area (Å²) >= 11 is 4.54. The lowest BCUT2D eigenvalue weighted by Gasteiger charge is -2.13. The number of benzene rings is 2. The summed E-state index contributed by atoms with van der Waals surface area (Å²) in [5.74, 6) is -0.290. The van der Waals surface area contributed by atoms with Gasteiger partial charge in [-0.25, -0.2) is 9.78 Å². The fourth-order valence-corrected chi connectivity index (χ4v) is 4.33. The maximum Gasteiger partial charge on any atom is 0.411 e. The van der Waals surface area contributed by atoms with Gasteiger partial charge >= 0.3 is 6.09 Å². The van der Waals surface area contributed by atoms with Crippen LogP contribution in [0.15, 0.2) is 28.7 Å². The van der Waals surface area contributed by atoms with Crippen molar-refractivity contribution < 1.29 is 14.3 Å². The quantitative estimate of drug-likeness (QED) is 0.625. The Balaban J connectivity index is 2.03. The number of aromatic nitrogens is 1. The molecule has 0 saturated carbocycles. The Morgan fingerprint density at radius 1 is 1.15 bits per heavy atom. The Morgan fingerprint density at radius 3 is 2.42 bits per heavy atom. The van der Waals surface area contributed by atoms with Crippen molar-refractivity contribution in [1.82, 2.24) is 4.98 Å². The zero-order valence-electron chi connectivity index (χ0n) is 14.3. The molecule has 0 radical (unpaired) electrons. The minimum Gasteiger partial charge on any atom is -0.381 e. The number of aryl methyl sites for hydroxylation is 3. The number of ether oxygens (including phenoxy) is 1. The van der Waals surface area contributed by atoms with Gasteiger partial charge in [-0.15, -0.1) is 0 Å². The number of primary amides is 1. The first-order valence-corrected chi connectivity index (χ1v) is 9.32. The number of nitrogens with zero attached hydrogens (tertiary/aromatic N) is 1. The van der Waals surface area contributed by atoms with Gasteiger partial charge in [0.2, 0.25) is 0 Å². The van der Waals surface area contributed by atoms with E-state index in [1.165, 1.54) is 0 Å². The average molecular weight is 434 g/mol. The summed E-state index contributed by atoms with van der Waals surface area (Å²) in [7, 11) is 0. The minimum absolute atomic E-state index is 0.0994. The predicted octanol–water partition coefficient (Wildman–Crippen LogP) is 4.69. The van der Waals surface area contributed by atoms with Gasteiger partial charge in [-0.1, -0.05) is 45.0 Å². The van der Waals surface area contributed by atoms with Gasteiger partial charge in [0.1, 0.15) is 0 Å². The Kier molecular flexibility index (Phi) is 4.97. The highest BCUT2D eigenvalue weighted by Crippen LogP contribution is 2.33. The summed E-state index contributed by atoms with van der Waals surface area (Å²) in [6.07, 6.45) is -0.944. The second kappa shape index (κ2) is 7.05. The summed E-state index contributed by atoms with van der Waals surface area (Å²) in [5, 5.41) is 3.06. The number of thiazole rings is 1. The highest BCUT2D eigenvalue weighted by molar-refractivity contribution is 9.10. The SMILES string of the molecule is Cc1cc(C)c(NC(=O)c2cc(Br)cc3sc(OC(N)=O)nc23)c(C)c1. The van der Waals surface area contributed by atoms with Crippen molar-refractivity contribution in [3.63, 3.8) is 0 Å². The zero-order chi connectivity index (χ0) is 19.0. The molecule has 0 bridgehead atoms. The molecule has 3 rings (SSSR count). The Bertz CT molecular complexity index is 1020. The lowest BCUT2D eigenvalue weighted by Crippen LogP contribution is -2.16. The molecule has 0 fully saturated rings. The monoisotopic (exact) mass is 433 g/mol. The van der Waals surface area contributed by atoms with Crippen molar-refractivity contribution in [3.8, 4) is 5.19 Å². The van der Waals surface area contributed by atoms with Gasteiger partial charge < -0.3 is 15.8 Å². The maximum atomic E-state index is 12.9.